The molecule has 8 nitrogen and oxygen atoms in total. The highest BCUT2D eigenvalue weighted by atomic mass is 35.5. The van der Waals surface area contributed by atoms with E-state index in [9.17, 15) is 4.79 Å². The van der Waals surface area contributed by atoms with E-state index in [2.05, 4.69) is 20.9 Å². The molecule has 28 heavy (non-hydrogen) atoms. The van der Waals surface area contributed by atoms with Crippen LogP contribution in [0.3, 0.4) is 0 Å². The highest BCUT2D eigenvalue weighted by Crippen LogP contribution is 2.33. The van der Waals surface area contributed by atoms with Crippen LogP contribution in [0.15, 0.2) is 12.1 Å². The summed E-state index contributed by atoms with van der Waals surface area (Å²) in [6.07, 6.45) is 0. The maximum absolute atomic E-state index is 12.0. The third-order valence-electron chi connectivity index (χ3n) is 3.55. The number of aromatic nitrogens is 3. The first-order chi connectivity index (χ1) is 13.1. The Morgan fingerprint density at radius 3 is 2.57 bits per heavy atom. The molecule has 1 heterocycles. The fourth-order valence-corrected chi connectivity index (χ4v) is 2.88. The van der Waals surface area contributed by atoms with Gasteiger partial charge in [0, 0.05) is 16.6 Å². The Kier molecular flexibility index (Phi) is 7.31. The Hall–Kier alpha value is -2.26. The second-order valence-corrected chi connectivity index (χ2v) is 7.95. The van der Waals surface area contributed by atoms with E-state index in [1.54, 1.807) is 16.8 Å². The number of nitrogens with zero attached hydrogens (tertiary/aromatic N) is 2. The number of amides is 1. The van der Waals surface area contributed by atoms with Gasteiger partial charge in [-0.1, -0.05) is 11.6 Å². The first kappa shape index (κ1) is 22.0. The Morgan fingerprint density at radius 1 is 1.32 bits per heavy atom. The first-order valence-corrected chi connectivity index (χ1v) is 9.66. The van der Waals surface area contributed by atoms with Crippen molar-refractivity contribution in [2.45, 2.75) is 46.7 Å². The molecule has 2 aromatic rings. The van der Waals surface area contributed by atoms with Crippen molar-refractivity contribution >= 4 is 29.7 Å². The predicted molar refractivity (Wildman–Crippen MR) is 111 cm³/mol. The fraction of sp³-hybridized carbons (Fsp3) is 0.500. The lowest BCUT2D eigenvalue weighted by atomic mass is 10.1. The summed E-state index contributed by atoms with van der Waals surface area (Å²) in [7, 11) is 0. The molecule has 1 aromatic carbocycles. The Morgan fingerprint density at radius 2 is 2.00 bits per heavy atom. The number of aryl methyl sites for hydroxylation is 1. The molecule has 1 aromatic heterocycles. The highest BCUT2D eigenvalue weighted by molar-refractivity contribution is 7.71. The van der Waals surface area contributed by atoms with Gasteiger partial charge in [0.25, 0.3) is 5.91 Å². The number of benzene rings is 1. The van der Waals surface area contributed by atoms with Gasteiger partial charge in [-0.15, -0.1) is 0 Å². The normalized spacial score (nSPS) is 11.2. The van der Waals surface area contributed by atoms with E-state index in [4.69, 9.17) is 33.3 Å². The molecular weight excluding hydrogens is 402 g/mol. The predicted octanol–water partition coefficient (Wildman–Crippen LogP) is 3.34. The molecule has 0 bridgehead atoms. The summed E-state index contributed by atoms with van der Waals surface area (Å²) in [4.78, 5) is 12.0. The van der Waals surface area contributed by atoms with Crippen molar-refractivity contribution in [3.8, 4) is 11.5 Å². The number of aromatic amines is 1. The molecule has 0 saturated heterocycles. The Balaban J connectivity index is 2.14. The van der Waals surface area contributed by atoms with Crippen LogP contribution in [0.2, 0.25) is 5.02 Å². The van der Waals surface area contributed by atoms with Crippen molar-refractivity contribution in [3.05, 3.63) is 33.3 Å². The summed E-state index contributed by atoms with van der Waals surface area (Å²) in [5, 5.41) is 10.1. The Bertz CT molecular complexity index is 888. The van der Waals surface area contributed by atoms with Crippen molar-refractivity contribution in [1.82, 2.24) is 20.2 Å². The van der Waals surface area contributed by atoms with Gasteiger partial charge >= 0.3 is 0 Å². The molecule has 0 aliphatic carbocycles. The van der Waals surface area contributed by atoms with E-state index in [1.165, 1.54) is 0 Å². The van der Waals surface area contributed by atoms with Crippen molar-refractivity contribution in [3.63, 3.8) is 0 Å². The second kappa shape index (κ2) is 9.29. The van der Waals surface area contributed by atoms with Crippen LogP contribution in [0.25, 0.3) is 0 Å². The third kappa shape index (κ3) is 6.13. The minimum Gasteiger partial charge on any atom is -0.490 e. The zero-order valence-corrected chi connectivity index (χ0v) is 18.3. The molecule has 0 atom stereocenters. The van der Waals surface area contributed by atoms with Gasteiger partial charge in [0.1, 0.15) is 5.82 Å². The average molecular weight is 428 g/mol. The number of carbonyl (C=O) groups excluding carboxylic acids is 1. The highest BCUT2D eigenvalue weighted by Gasteiger charge is 2.16. The van der Waals surface area contributed by atoms with Gasteiger partial charge in [-0.05, 0) is 58.5 Å². The number of nitrogens with one attached hydrogen (secondary N) is 3. The quantitative estimate of drug-likeness (QED) is 0.559. The molecule has 0 aliphatic heterocycles. The number of carbonyl (C=O) groups is 1. The third-order valence-corrected chi connectivity index (χ3v) is 4.18. The molecule has 0 saturated carbocycles. The van der Waals surface area contributed by atoms with Crippen LogP contribution in [-0.4, -0.2) is 39.5 Å². The SMILES string of the molecule is CCOc1cc(CNn2c(C)n[nH]c2=S)c(Cl)cc1OCC(=O)NC(C)(C)C. The first-order valence-electron chi connectivity index (χ1n) is 8.87. The summed E-state index contributed by atoms with van der Waals surface area (Å²) in [6.45, 7) is 10.1. The van der Waals surface area contributed by atoms with Crippen molar-refractivity contribution in [1.29, 1.82) is 0 Å². The average Bonchev–Trinajstić information content (AvgIpc) is 2.90. The number of hydrogen-bond acceptors (Lipinski definition) is 6. The summed E-state index contributed by atoms with van der Waals surface area (Å²) in [5.41, 5.74) is 3.62. The maximum atomic E-state index is 12.0. The molecule has 10 heteroatoms. The van der Waals surface area contributed by atoms with Crippen molar-refractivity contribution in [2.24, 2.45) is 0 Å². The maximum Gasteiger partial charge on any atom is 0.258 e. The standard InChI is InChI=1S/C18H26ClN5O3S/c1-6-26-14-7-12(9-20-24-11(2)22-23-17(24)28)13(19)8-15(14)27-10-16(25)21-18(3,4)5/h7-8,20H,6,9-10H2,1-5H3,(H,21,25)(H,23,28). The zero-order valence-electron chi connectivity index (χ0n) is 16.7. The van der Waals surface area contributed by atoms with E-state index in [1.807, 2.05) is 34.6 Å². The molecule has 0 unspecified atom stereocenters. The molecule has 0 fully saturated rings. The van der Waals surface area contributed by atoms with Gasteiger partial charge in [0.05, 0.1) is 13.2 Å². The summed E-state index contributed by atoms with van der Waals surface area (Å²) >= 11 is 11.6. The molecule has 0 spiro atoms. The van der Waals surface area contributed by atoms with Gasteiger partial charge in [-0.2, -0.15) is 5.10 Å². The monoisotopic (exact) mass is 427 g/mol. The molecule has 0 radical (unpaired) electrons. The molecule has 2 rings (SSSR count). The lowest BCUT2D eigenvalue weighted by molar-refractivity contribution is -0.124. The number of halogens is 1. The number of rotatable bonds is 8. The molecule has 3 N–H and O–H groups in total. The number of hydrogen-bond donors (Lipinski definition) is 3. The van der Waals surface area contributed by atoms with E-state index in [0.717, 1.165) is 5.56 Å². The number of ether oxygens (including phenoxy) is 2. The van der Waals surface area contributed by atoms with Crippen LogP contribution < -0.4 is 20.2 Å². The topological polar surface area (TPSA) is 93.2 Å². The molecular formula is C18H26ClN5O3S. The van der Waals surface area contributed by atoms with Gasteiger partial charge in [-0.3, -0.25) is 9.89 Å². The second-order valence-electron chi connectivity index (χ2n) is 7.16. The summed E-state index contributed by atoms with van der Waals surface area (Å²) in [5.74, 6) is 1.41. The molecule has 154 valence electrons. The lowest BCUT2D eigenvalue weighted by Gasteiger charge is -2.21. The van der Waals surface area contributed by atoms with Crippen LogP contribution in [0.5, 0.6) is 11.5 Å². The largest absolute Gasteiger partial charge is 0.490 e. The fourth-order valence-electron chi connectivity index (χ4n) is 2.42. The minimum atomic E-state index is -0.331. The summed E-state index contributed by atoms with van der Waals surface area (Å²) < 4.78 is 13.4. The van der Waals surface area contributed by atoms with Crippen LogP contribution in [0.4, 0.5) is 0 Å². The summed E-state index contributed by atoms with van der Waals surface area (Å²) in [6, 6.07) is 3.43. The van der Waals surface area contributed by atoms with Gasteiger partial charge < -0.3 is 20.2 Å². The minimum absolute atomic E-state index is 0.130. The van der Waals surface area contributed by atoms with Crippen LogP contribution >= 0.6 is 23.8 Å². The van der Waals surface area contributed by atoms with Gasteiger partial charge in [0.2, 0.25) is 4.77 Å². The smallest absolute Gasteiger partial charge is 0.258 e. The lowest BCUT2D eigenvalue weighted by Crippen LogP contribution is -2.43. The van der Waals surface area contributed by atoms with E-state index < -0.39 is 0 Å². The van der Waals surface area contributed by atoms with Crippen LogP contribution in [0, 0.1) is 11.7 Å². The zero-order chi connectivity index (χ0) is 20.9. The van der Waals surface area contributed by atoms with Crippen LogP contribution in [0.1, 0.15) is 39.1 Å². The van der Waals surface area contributed by atoms with Gasteiger partial charge in [0.15, 0.2) is 18.1 Å². The Labute approximate surface area is 174 Å². The van der Waals surface area contributed by atoms with E-state index >= 15 is 0 Å². The van der Waals surface area contributed by atoms with Crippen LogP contribution in [-0.2, 0) is 11.3 Å². The van der Waals surface area contributed by atoms with E-state index in [0.29, 0.717) is 40.3 Å². The van der Waals surface area contributed by atoms with Crippen molar-refractivity contribution in [2.75, 3.05) is 18.6 Å². The molecule has 1 amide bonds. The van der Waals surface area contributed by atoms with E-state index in [-0.39, 0.29) is 18.1 Å². The number of H-pyrrole nitrogens is 1. The van der Waals surface area contributed by atoms with Crippen molar-refractivity contribution < 1.29 is 14.3 Å². The molecule has 0 aliphatic rings. The van der Waals surface area contributed by atoms with Gasteiger partial charge in [-0.25, -0.2) is 4.68 Å².